The summed E-state index contributed by atoms with van der Waals surface area (Å²) in [4.78, 5) is 25.2. The van der Waals surface area contributed by atoms with Crippen LogP contribution in [-0.2, 0) is 11.3 Å². The predicted molar refractivity (Wildman–Crippen MR) is 75.4 cm³/mol. The second-order valence-electron chi connectivity index (χ2n) is 4.01. The van der Waals surface area contributed by atoms with Crippen LogP contribution in [0.5, 0.6) is 0 Å². The van der Waals surface area contributed by atoms with Crippen LogP contribution in [0.25, 0.3) is 0 Å². The first-order valence-electron chi connectivity index (χ1n) is 5.96. The van der Waals surface area contributed by atoms with Crippen LogP contribution in [0, 0.1) is 22.7 Å². The highest BCUT2D eigenvalue weighted by atomic mass is 79.9. The number of nitriles is 2. The third-order valence-corrected chi connectivity index (χ3v) is 3.06. The molecule has 0 aliphatic heterocycles. The van der Waals surface area contributed by atoms with E-state index in [1.165, 1.54) is 21.7 Å². The van der Waals surface area contributed by atoms with Gasteiger partial charge in [-0.2, -0.15) is 10.5 Å². The molecule has 1 aromatic heterocycles. The Morgan fingerprint density at radius 2 is 1.85 bits per heavy atom. The minimum Gasteiger partial charge on any atom is -0.339 e. The molecule has 104 valence electrons. The van der Waals surface area contributed by atoms with Crippen molar-refractivity contribution in [3.8, 4) is 12.1 Å². The number of aromatic nitrogens is 1. The monoisotopic (exact) mass is 336 g/mol. The fourth-order valence-electron chi connectivity index (χ4n) is 1.60. The quantitative estimate of drug-likeness (QED) is 0.782. The number of hydrogen-bond donors (Lipinski definition) is 0. The van der Waals surface area contributed by atoms with E-state index >= 15 is 0 Å². The van der Waals surface area contributed by atoms with Gasteiger partial charge in [-0.1, -0.05) is 0 Å². The van der Waals surface area contributed by atoms with E-state index < -0.39 is 0 Å². The van der Waals surface area contributed by atoms with Crippen molar-refractivity contribution in [2.75, 3.05) is 13.1 Å². The van der Waals surface area contributed by atoms with E-state index in [2.05, 4.69) is 15.9 Å². The van der Waals surface area contributed by atoms with Crippen molar-refractivity contribution < 1.29 is 4.79 Å². The standard InChI is InChI=1S/C13H13BrN4O2/c14-11-3-4-12(19)18(9-11)10-13(20)17(7-1-5-15)8-2-6-16/h3-4,9H,1-2,7-8,10H2. The van der Waals surface area contributed by atoms with Crippen LogP contribution in [0.3, 0.4) is 0 Å². The fraction of sp³-hybridized carbons (Fsp3) is 0.385. The molecule has 0 bridgehead atoms. The summed E-state index contributed by atoms with van der Waals surface area (Å²) in [7, 11) is 0. The third-order valence-electron chi connectivity index (χ3n) is 2.59. The van der Waals surface area contributed by atoms with Gasteiger partial charge in [0.2, 0.25) is 5.91 Å². The number of halogens is 1. The van der Waals surface area contributed by atoms with Gasteiger partial charge in [-0.15, -0.1) is 0 Å². The molecule has 0 spiro atoms. The van der Waals surface area contributed by atoms with Gasteiger partial charge in [-0.05, 0) is 22.0 Å². The topological polar surface area (TPSA) is 89.9 Å². The summed E-state index contributed by atoms with van der Waals surface area (Å²) in [5, 5.41) is 17.2. The first-order chi connectivity index (χ1) is 9.58. The van der Waals surface area contributed by atoms with E-state index in [0.29, 0.717) is 4.47 Å². The molecule has 0 atom stereocenters. The minimum atomic E-state index is -0.282. The zero-order valence-electron chi connectivity index (χ0n) is 10.8. The molecule has 20 heavy (non-hydrogen) atoms. The number of carbonyl (C=O) groups is 1. The molecule has 0 N–H and O–H groups in total. The van der Waals surface area contributed by atoms with Crippen LogP contribution in [0.4, 0.5) is 0 Å². The Balaban J connectivity index is 2.79. The molecule has 6 nitrogen and oxygen atoms in total. The maximum absolute atomic E-state index is 12.1. The Kier molecular flexibility index (Phi) is 6.48. The molecule has 0 aromatic carbocycles. The van der Waals surface area contributed by atoms with Gasteiger partial charge in [-0.25, -0.2) is 0 Å². The minimum absolute atomic E-state index is 0.102. The van der Waals surface area contributed by atoms with Gasteiger partial charge in [-0.3, -0.25) is 9.59 Å². The average Bonchev–Trinajstić information content (AvgIpc) is 2.43. The van der Waals surface area contributed by atoms with E-state index in [-0.39, 0.29) is 43.9 Å². The van der Waals surface area contributed by atoms with Gasteiger partial charge < -0.3 is 9.47 Å². The molecule has 0 unspecified atom stereocenters. The van der Waals surface area contributed by atoms with Gasteiger partial charge in [0.1, 0.15) is 6.54 Å². The Labute approximate surface area is 125 Å². The predicted octanol–water partition coefficient (Wildman–Crippen LogP) is 1.27. The smallest absolute Gasteiger partial charge is 0.251 e. The summed E-state index contributed by atoms with van der Waals surface area (Å²) in [6, 6.07) is 6.89. The maximum Gasteiger partial charge on any atom is 0.251 e. The summed E-state index contributed by atoms with van der Waals surface area (Å²) in [6.07, 6.45) is 1.93. The molecule has 0 radical (unpaired) electrons. The molecular weight excluding hydrogens is 324 g/mol. The molecule has 0 fully saturated rings. The molecule has 1 heterocycles. The fourth-order valence-corrected chi connectivity index (χ4v) is 1.98. The van der Waals surface area contributed by atoms with Crippen molar-refractivity contribution in [2.24, 2.45) is 0 Å². The van der Waals surface area contributed by atoms with Crippen molar-refractivity contribution in [1.82, 2.24) is 9.47 Å². The molecule has 1 rings (SSSR count). The van der Waals surface area contributed by atoms with Gasteiger partial charge >= 0.3 is 0 Å². The molecular formula is C13H13BrN4O2. The van der Waals surface area contributed by atoms with Gasteiger partial charge in [0, 0.05) is 29.8 Å². The second kappa shape index (κ2) is 8.13. The second-order valence-corrected chi connectivity index (χ2v) is 4.93. The lowest BCUT2D eigenvalue weighted by Gasteiger charge is -2.20. The Bertz CT molecular complexity index is 594. The van der Waals surface area contributed by atoms with E-state index in [1.54, 1.807) is 6.07 Å². The van der Waals surface area contributed by atoms with Crippen LogP contribution in [-0.4, -0.2) is 28.5 Å². The van der Waals surface area contributed by atoms with Crippen LogP contribution in [0.1, 0.15) is 12.8 Å². The van der Waals surface area contributed by atoms with Gasteiger partial charge in [0.05, 0.1) is 25.0 Å². The summed E-state index contributed by atoms with van der Waals surface area (Å²) >= 11 is 3.24. The lowest BCUT2D eigenvalue weighted by atomic mass is 10.3. The molecule has 0 aliphatic carbocycles. The lowest BCUT2D eigenvalue weighted by molar-refractivity contribution is -0.131. The summed E-state index contributed by atoms with van der Waals surface area (Å²) in [6.45, 7) is 0.425. The van der Waals surface area contributed by atoms with Crippen LogP contribution in [0.2, 0.25) is 0 Å². The SMILES string of the molecule is N#CCCN(CCC#N)C(=O)Cn1cc(Br)ccc1=O. The van der Waals surface area contributed by atoms with Crippen LogP contribution >= 0.6 is 15.9 Å². The summed E-state index contributed by atoms with van der Waals surface area (Å²) < 4.78 is 1.99. The highest BCUT2D eigenvalue weighted by Crippen LogP contribution is 2.05. The Morgan fingerprint density at radius 1 is 1.25 bits per heavy atom. The normalized spacial score (nSPS) is 9.55. The molecule has 0 saturated carbocycles. The molecule has 0 saturated heterocycles. The van der Waals surface area contributed by atoms with Crippen molar-refractivity contribution in [2.45, 2.75) is 19.4 Å². The van der Waals surface area contributed by atoms with E-state index in [1.807, 2.05) is 12.1 Å². The Hall–Kier alpha value is -2.12. The van der Waals surface area contributed by atoms with Crippen LogP contribution < -0.4 is 5.56 Å². The zero-order chi connectivity index (χ0) is 15.0. The first-order valence-corrected chi connectivity index (χ1v) is 6.75. The van der Waals surface area contributed by atoms with Crippen LogP contribution in [0.15, 0.2) is 27.6 Å². The highest BCUT2D eigenvalue weighted by Gasteiger charge is 2.14. The van der Waals surface area contributed by atoms with E-state index in [0.717, 1.165) is 0 Å². The third kappa shape index (κ3) is 4.87. The number of rotatable bonds is 6. The average molecular weight is 337 g/mol. The van der Waals surface area contributed by atoms with Gasteiger partial charge in [0.25, 0.3) is 5.56 Å². The number of carbonyl (C=O) groups excluding carboxylic acids is 1. The Morgan fingerprint density at radius 3 is 2.40 bits per heavy atom. The van der Waals surface area contributed by atoms with Gasteiger partial charge in [0.15, 0.2) is 0 Å². The van der Waals surface area contributed by atoms with E-state index in [9.17, 15) is 9.59 Å². The number of amides is 1. The number of nitrogens with zero attached hydrogens (tertiary/aromatic N) is 4. The van der Waals surface area contributed by atoms with Crippen molar-refractivity contribution in [3.05, 3.63) is 33.2 Å². The zero-order valence-corrected chi connectivity index (χ0v) is 12.3. The molecule has 0 aliphatic rings. The van der Waals surface area contributed by atoms with Crippen molar-refractivity contribution in [1.29, 1.82) is 10.5 Å². The maximum atomic E-state index is 12.1. The lowest BCUT2D eigenvalue weighted by Crippen LogP contribution is -2.37. The van der Waals surface area contributed by atoms with E-state index in [4.69, 9.17) is 10.5 Å². The molecule has 1 aromatic rings. The van der Waals surface area contributed by atoms with Crippen molar-refractivity contribution >= 4 is 21.8 Å². The molecule has 7 heteroatoms. The largest absolute Gasteiger partial charge is 0.339 e. The van der Waals surface area contributed by atoms with Crippen molar-refractivity contribution in [3.63, 3.8) is 0 Å². The molecule has 1 amide bonds. The summed E-state index contributed by atoms with van der Waals surface area (Å²) in [5.74, 6) is -0.282. The number of pyridine rings is 1. The number of hydrogen-bond acceptors (Lipinski definition) is 4. The first kappa shape index (κ1) is 15.9. The highest BCUT2D eigenvalue weighted by molar-refractivity contribution is 9.10. The summed E-state index contributed by atoms with van der Waals surface area (Å²) in [5.41, 5.74) is -0.276.